The van der Waals surface area contributed by atoms with Crippen molar-refractivity contribution in [3.63, 3.8) is 0 Å². The van der Waals surface area contributed by atoms with E-state index < -0.39 is 0 Å². The maximum atomic E-state index is 11.9. The molecule has 0 saturated heterocycles. The number of carbonyl (C=O) groups is 2. The summed E-state index contributed by atoms with van der Waals surface area (Å²) < 4.78 is 5.70. The molecule has 2 rings (SSSR count). The summed E-state index contributed by atoms with van der Waals surface area (Å²) in [5.74, 6) is 0.650. The normalized spacial score (nSPS) is 10.1. The Balaban J connectivity index is 1.85. The van der Waals surface area contributed by atoms with Gasteiger partial charge in [-0.2, -0.15) is 0 Å². The minimum atomic E-state index is -0.366. The Hall–Kier alpha value is -3.02. The van der Waals surface area contributed by atoms with Crippen LogP contribution in [-0.4, -0.2) is 18.7 Å². The molecule has 0 aliphatic rings. The molecule has 3 amide bonds. The Morgan fingerprint density at radius 2 is 1.44 bits per heavy atom. The van der Waals surface area contributed by atoms with Crippen molar-refractivity contribution in [2.45, 2.75) is 27.7 Å². The van der Waals surface area contributed by atoms with Crippen LogP contribution < -0.4 is 20.7 Å². The summed E-state index contributed by atoms with van der Waals surface area (Å²) >= 11 is 0. The van der Waals surface area contributed by atoms with Gasteiger partial charge in [-0.3, -0.25) is 4.79 Å². The van der Waals surface area contributed by atoms with E-state index in [1.54, 1.807) is 24.3 Å². The molecule has 0 aliphatic carbocycles. The SMILES string of the molecule is CC(=O)Nc1ccc(NC(=O)NCOc2c(C)ccc(C)c2C)cc1. The molecule has 0 aromatic heterocycles. The number of urea groups is 1. The van der Waals surface area contributed by atoms with Crippen molar-refractivity contribution in [2.75, 3.05) is 17.4 Å². The van der Waals surface area contributed by atoms with Crippen LogP contribution in [0, 0.1) is 20.8 Å². The zero-order valence-corrected chi connectivity index (χ0v) is 14.9. The van der Waals surface area contributed by atoms with E-state index in [4.69, 9.17) is 4.74 Å². The fraction of sp³-hybridized carbons (Fsp3) is 0.263. The second-order valence-corrected chi connectivity index (χ2v) is 5.83. The third kappa shape index (κ3) is 5.24. The van der Waals surface area contributed by atoms with Crippen molar-refractivity contribution >= 4 is 23.3 Å². The lowest BCUT2D eigenvalue weighted by molar-refractivity contribution is -0.114. The number of nitrogens with one attached hydrogen (secondary N) is 3. The summed E-state index contributed by atoms with van der Waals surface area (Å²) in [5, 5.41) is 8.03. The average molecular weight is 341 g/mol. The third-order valence-electron chi connectivity index (χ3n) is 3.79. The predicted octanol–water partition coefficient (Wildman–Crippen LogP) is 3.73. The first kappa shape index (κ1) is 18.3. The Bertz CT molecular complexity index is 770. The van der Waals surface area contributed by atoms with Crippen LogP contribution in [0.5, 0.6) is 5.75 Å². The Labute approximate surface area is 147 Å². The fourth-order valence-electron chi connectivity index (χ4n) is 2.34. The van der Waals surface area contributed by atoms with Gasteiger partial charge in [0.05, 0.1) is 0 Å². The summed E-state index contributed by atoms with van der Waals surface area (Å²) in [6.45, 7) is 7.50. The molecule has 6 nitrogen and oxygen atoms in total. The zero-order valence-electron chi connectivity index (χ0n) is 14.9. The summed E-state index contributed by atoms with van der Waals surface area (Å²) in [4.78, 5) is 22.9. The number of hydrogen-bond donors (Lipinski definition) is 3. The molecule has 2 aromatic carbocycles. The van der Waals surface area contributed by atoms with Gasteiger partial charge in [0.1, 0.15) is 5.75 Å². The maximum absolute atomic E-state index is 11.9. The zero-order chi connectivity index (χ0) is 18.4. The highest BCUT2D eigenvalue weighted by atomic mass is 16.5. The van der Waals surface area contributed by atoms with Crippen molar-refractivity contribution in [3.05, 3.63) is 53.1 Å². The molecule has 0 unspecified atom stereocenters. The van der Waals surface area contributed by atoms with Gasteiger partial charge in [-0.1, -0.05) is 12.1 Å². The molecule has 0 aliphatic heterocycles. The van der Waals surface area contributed by atoms with E-state index in [1.165, 1.54) is 6.92 Å². The molecule has 0 heterocycles. The van der Waals surface area contributed by atoms with Gasteiger partial charge in [0.25, 0.3) is 0 Å². The monoisotopic (exact) mass is 341 g/mol. The smallest absolute Gasteiger partial charge is 0.321 e. The number of rotatable bonds is 5. The Morgan fingerprint density at radius 3 is 2.04 bits per heavy atom. The number of amides is 3. The van der Waals surface area contributed by atoms with Crippen LogP contribution in [-0.2, 0) is 4.79 Å². The minimum absolute atomic E-state index is 0.0704. The average Bonchev–Trinajstić information content (AvgIpc) is 2.56. The van der Waals surface area contributed by atoms with Crippen LogP contribution in [0.25, 0.3) is 0 Å². The molecule has 3 N–H and O–H groups in total. The van der Waals surface area contributed by atoms with Gasteiger partial charge in [0.15, 0.2) is 6.73 Å². The first-order valence-electron chi connectivity index (χ1n) is 7.99. The molecular weight excluding hydrogens is 318 g/mol. The van der Waals surface area contributed by atoms with Crippen LogP contribution in [0.4, 0.5) is 16.2 Å². The van der Waals surface area contributed by atoms with Gasteiger partial charge in [-0.05, 0) is 61.7 Å². The largest absolute Gasteiger partial charge is 0.473 e. The highest BCUT2D eigenvalue weighted by molar-refractivity contribution is 5.91. The number of hydrogen-bond acceptors (Lipinski definition) is 3. The molecule has 0 fully saturated rings. The second-order valence-electron chi connectivity index (χ2n) is 5.83. The number of carbonyl (C=O) groups excluding carboxylic acids is 2. The van der Waals surface area contributed by atoms with E-state index >= 15 is 0 Å². The van der Waals surface area contributed by atoms with Crippen molar-refractivity contribution in [1.29, 1.82) is 0 Å². The van der Waals surface area contributed by atoms with Gasteiger partial charge in [-0.25, -0.2) is 4.79 Å². The van der Waals surface area contributed by atoms with Crippen LogP contribution in [0.1, 0.15) is 23.6 Å². The van der Waals surface area contributed by atoms with Gasteiger partial charge in [0, 0.05) is 18.3 Å². The second kappa shape index (κ2) is 8.19. The van der Waals surface area contributed by atoms with Crippen molar-refractivity contribution in [2.24, 2.45) is 0 Å². The standard InChI is InChI=1S/C19H23N3O3/c1-12-5-6-13(2)18(14(12)3)25-11-20-19(24)22-17-9-7-16(8-10-17)21-15(4)23/h5-10H,11H2,1-4H3,(H,21,23)(H2,20,22,24). The molecule has 25 heavy (non-hydrogen) atoms. The predicted molar refractivity (Wildman–Crippen MR) is 99.0 cm³/mol. The van der Waals surface area contributed by atoms with Crippen molar-refractivity contribution in [1.82, 2.24) is 5.32 Å². The molecule has 0 saturated carbocycles. The van der Waals surface area contributed by atoms with Gasteiger partial charge < -0.3 is 20.7 Å². The summed E-state index contributed by atoms with van der Waals surface area (Å²) in [6, 6.07) is 10.5. The third-order valence-corrected chi connectivity index (χ3v) is 3.79. The molecule has 2 aromatic rings. The topological polar surface area (TPSA) is 79.5 Å². The van der Waals surface area contributed by atoms with Crippen LogP contribution >= 0.6 is 0 Å². The minimum Gasteiger partial charge on any atom is -0.473 e. The molecule has 132 valence electrons. The van der Waals surface area contributed by atoms with E-state index in [-0.39, 0.29) is 18.7 Å². The lowest BCUT2D eigenvalue weighted by Crippen LogP contribution is -2.32. The quantitative estimate of drug-likeness (QED) is 0.725. The number of benzene rings is 2. The molecule has 0 spiro atoms. The first-order chi connectivity index (χ1) is 11.9. The molecule has 0 atom stereocenters. The van der Waals surface area contributed by atoms with Crippen LogP contribution in [0.2, 0.25) is 0 Å². The first-order valence-corrected chi connectivity index (χ1v) is 7.99. The molecule has 0 radical (unpaired) electrons. The van der Waals surface area contributed by atoms with E-state index in [9.17, 15) is 9.59 Å². The summed E-state index contributed by atoms with van der Waals surface area (Å²) in [5.41, 5.74) is 4.53. The Morgan fingerprint density at radius 1 is 0.880 bits per heavy atom. The molecule has 0 bridgehead atoms. The lowest BCUT2D eigenvalue weighted by Gasteiger charge is -2.15. The lowest BCUT2D eigenvalue weighted by atomic mass is 10.1. The van der Waals surface area contributed by atoms with Gasteiger partial charge in [-0.15, -0.1) is 0 Å². The van der Waals surface area contributed by atoms with Gasteiger partial charge in [0.2, 0.25) is 5.91 Å². The van der Waals surface area contributed by atoms with Crippen molar-refractivity contribution < 1.29 is 14.3 Å². The van der Waals surface area contributed by atoms with E-state index in [0.717, 1.165) is 22.4 Å². The fourth-order valence-corrected chi connectivity index (χ4v) is 2.34. The number of anilines is 2. The van der Waals surface area contributed by atoms with Crippen molar-refractivity contribution in [3.8, 4) is 5.75 Å². The Kier molecular flexibility index (Phi) is 6.00. The van der Waals surface area contributed by atoms with E-state index in [2.05, 4.69) is 16.0 Å². The number of aryl methyl sites for hydroxylation is 2. The molecular formula is C19H23N3O3. The van der Waals surface area contributed by atoms with E-state index in [1.807, 2.05) is 32.9 Å². The summed E-state index contributed by atoms with van der Waals surface area (Å²) in [7, 11) is 0. The van der Waals surface area contributed by atoms with Gasteiger partial charge >= 0.3 is 6.03 Å². The molecule has 6 heteroatoms. The highest BCUT2D eigenvalue weighted by Gasteiger charge is 2.07. The van der Waals surface area contributed by atoms with Crippen LogP contribution in [0.15, 0.2) is 36.4 Å². The van der Waals surface area contributed by atoms with Crippen LogP contribution in [0.3, 0.4) is 0 Å². The number of ether oxygens (including phenoxy) is 1. The maximum Gasteiger partial charge on any atom is 0.321 e. The highest BCUT2D eigenvalue weighted by Crippen LogP contribution is 2.25. The van der Waals surface area contributed by atoms with E-state index in [0.29, 0.717) is 11.4 Å². The summed E-state index contributed by atoms with van der Waals surface area (Å²) in [6.07, 6.45) is 0.